The molecule has 2 saturated heterocycles. The van der Waals surface area contributed by atoms with Crippen LogP contribution in [0.4, 0.5) is 5.95 Å². The van der Waals surface area contributed by atoms with Crippen LogP contribution in [0.3, 0.4) is 0 Å². The highest BCUT2D eigenvalue weighted by molar-refractivity contribution is 8.03. The average molecular weight is 474 g/mol. The molecule has 5 rings (SSSR count). The van der Waals surface area contributed by atoms with E-state index in [9.17, 15) is 4.79 Å². The van der Waals surface area contributed by atoms with Crippen LogP contribution in [-0.4, -0.2) is 59.4 Å². The normalized spacial score (nSPS) is 17.2. The zero-order valence-corrected chi connectivity index (χ0v) is 19.7. The number of carbonyl (C=O) groups is 1. The molecule has 0 unspecified atom stereocenters. The maximum absolute atomic E-state index is 12.8. The molecule has 0 spiro atoms. The number of piperazine rings is 1. The Morgan fingerprint density at radius 1 is 1.00 bits per heavy atom. The Balaban J connectivity index is 1.31. The van der Waals surface area contributed by atoms with Gasteiger partial charge in [0.25, 0.3) is 5.91 Å². The van der Waals surface area contributed by atoms with Crippen molar-refractivity contribution in [1.29, 1.82) is 0 Å². The van der Waals surface area contributed by atoms with Crippen molar-refractivity contribution in [2.75, 3.05) is 43.5 Å². The van der Waals surface area contributed by atoms with Crippen molar-refractivity contribution in [2.45, 2.75) is 6.61 Å². The van der Waals surface area contributed by atoms with Gasteiger partial charge in [-0.3, -0.25) is 4.79 Å². The number of ether oxygens (including phenoxy) is 1. The summed E-state index contributed by atoms with van der Waals surface area (Å²) in [6.45, 7) is 3.90. The Hall–Kier alpha value is -3.36. The summed E-state index contributed by atoms with van der Waals surface area (Å²) in [7, 11) is 0. The van der Waals surface area contributed by atoms with Crippen LogP contribution in [0.2, 0.25) is 0 Å². The third-order valence-electron chi connectivity index (χ3n) is 5.78. The van der Waals surface area contributed by atoms with Crippen LogP contribution in [0, 0.1) is 0 Å². The van der Waals surface area contributed by atoms with Crippen molar-refractivity contribution < 1.29 is 9.53 Å². The third kappa shape index (κ3) is 5.58. The number of hydrogen-bond acceptors (Lipinski definition) is 7. The smallest absolute Gasteiger partial charge is 0.253 e. The number of nitrogens with one attached hydrogen (secondary N) is 1. The fraction of sp³-hybridized carbons (Fsp3) is 0.269. The summed E-state index contributed by atoms with van der Waals surface area (Å²) in [4.78, 5) is 27.6. The number of nitrogens with zero attached hydrogens (tertiary/aromatic N) is 4. The van der Waals surface area contributed by atoms with Gasteiger partial charge in [0, 0.05) is 55.1 Å². The molecule has 1 amide bonds. The van der Waals surface area contributed by atoms with E-state index < -0.39 is 0 Å². The lowest BCUT2D eigenvalue weighted by molar-refractivity contribution is 0.0746. The van der Waals surface area contributed by atoms with Crippen molar-refractivity contribution in [2.24, 2.45) is 0 Å². The molecular weight excluding hydrogens is 446 g/mol. The molecule has 1 N–H and O–H groups in total. The molecular formula is C26H27N5O2S. The molecule has 0 aliphatic carbocycles. The fourth-order valence-corrected chi connectivity index (χ4v) is 4.75. The molecule has 3 aromatic rings. The van der Waals surface area contributed by atoms with Gasteiger partial charge in [-0.15, -0.1) is 11.8 Å². The molecule has 0 bridgehead atoms. The van der Waals surface area contributed by atoms with Gasteiger partial charge in [0.15, 0.2) is 0 Å². The summed E-state index contributed by atoms with van der Waals surface area (Å²) < 4.78 is 6.05. The molecule has 2 fully saturated rings. The van der Waals surface area contributed by atoms with Crippen molar-refractivity contribution >= 4 is 29.7 Å². The molecule has 7 nitrogen and oxygen atoms in total. The summed E-state index contributed by atoms with van der Waals surface area (Å²) in [5.74, 6) is 2.18. The summed E-state index contributed by atoms with van der Waals surface area (Å²) >= 11 is 1.79. The first-order chi connectivity index (χ1) is 16.7. The Morgan fingerprint density at radius 2 is 1.74 bits per heavy atom. The molecule has 2 aliphatic heterocycles. The molecule has 0 atom stereocenters. The highest BCUT2D eigenvalue weighted by atomic mass is 32.2. The Morgan fingerprint density at radius 3 is 2.44 bits per heavy atom. The lowest BCUT2D eigenvalue weighted by Crippen LogP contribution is -2.49. The largest absolute Gasteiger partial charge is 0.473 e. The molecule has 1 aromatic heterocycles. The summed E-state index contributed by atoms with van der Waals surface area (Å²) in [5.41, 5.74) is 2.65. The number of hydrogen-bond donors (Lipinski definition) is 1. The van der Waals surface area contributed by atoms with E-state index in [-0.39, 0.29) is 5.91 Å². The second-order valence-corrected chi connectivity index (χ2v) is 9.28. The van der Waals surface area contributed by atoms with Gasteiger partial charge in [-0.05, 0) is 23.8 Å². The standard InChI is InChI=1S/C26H27N5O2S/c32-25(21-9-5-2-6-10-21)30-11-13-31(14-12-30)26-28-22(15-23-17-27-19-34-23)16-24(29-26)33-18-20-7-3-1-4-8-20/h1-10,15-16,27H,11-14,17-19H2. The Bertz CT molecular complexity index is 1140. The monoisotopic (exact) mass is 473 g/mol. The van der Waals surface area contributed by atoms with Gasteiger partial charge in [0.05, 0.1) is 5.69 Å². The molecule has 174 valence electrons. The zero-order chi connectivity index (χ0) is 23.2. The highest BCUT2D eigenvalue weighted by Crippen LogP contribution is 2.25. The van der Waals surface area contributed by atoms with Crippen molar-refractivity contribution in [3.63, 3.8) is 0 Å². The van der Waals surface area contributed by atoms with Crippen LogP contribution < -0.4 is 15.0 Å². The van der Waals surface area contributed by atoms with E-state index in [1.54, 1.807) is 11.8 Å². The van der Waals surface area contributed by atoms with E-state index in [2.05, 4.69) is 16.3 Å². The minimum Gasteiger partial charge on any atom is -0.473 e. The maximum Gasteiger partial charge on any atom is 0.253 e. The lowest BCUT2D eigenvalue weighted by atomic mass is 10.2. The molecule has 34 heavy (non-hydrogen) atoms. The van der Waals surface area contributed by atoms with Gasteiger partial charge >= 0.3 is 0 Å². The zero-order valence-electron chi connectivity index (χ0n) is 18.9. The highest BCUT2D eigenvalue weighted by Gasteiger charge is 2.24. The SMILES string of the molecule is O=C(c1ccccc1)N1CCN(c2nc(C=C3CNCS3)cc(OCc3ccccc3)n2)CC1. The van der Waals surface area contributed by atoms with Crippen LogP contribution >= 0.6 is 11.8 Å². The van der Waals surface area contributed by atoms with Crippen molar-refractivity contribution in [3.05, 3.63) is 88.5 Å². The molecule has 2 aromatic carbocycles. The Kier molecular flexibility index (Phi) is 7.07. The van der Waals surface area contributed by atoms with E-state index in [0.29, 0.717) is 44.6 Å². The third-order valence-corrected chi connectivity index (χ3v) is 6.76. The van der Waals surface area contributed by atoms with Crippen LogP contribution in [0.1, 0.15) is 21.6 Å². The predicted molar refractivity (Wildman–Crippen MR) is 136 cm³/mol. The number of aromatic nitrogens is 2. The first-order valence-corrected chi connectivity index (χ1v) is 12.4. The number of amides is 1. The fourth-order valence-electron chi connectivity index (χ4n) is 3.95. The first kappa shape index (κ1) is 22.4. The summed E-state index contributed by atoms with van der Waals surface area (Å²) in [6, 6.07) is 21.4. The minimum atomic E-state index is 0.0669. The predicted octanol–water partition coefficient (Wildman–Crippen LogP) is 3.65. The van der Waals surface area contributed by atoms with Gasteiger partial charge in [-0.2, -0.15) is 4.98 Å². The number of benzene rings is 2. The number of thioether (sulfide) groups is 1. The van der Waals surface area contributed by atoms with E-state index in [0.717, 1.165) is 29.2 Å². The van der Waals surface area contributed by atoms with Crippen molar-refractivity contribution in [1.82, 2.24) is 20.2 Å². The van der Waals surface area contributed by atoms with Gasteiger partial charge in [0.1, 0.15) is 6.61 Å². The van der Waals surface area contributed by atoms with E-state index >= 15 is 0 Å². The summed E-state index contributed by atoms with van der Waals surface area (Å²) in [6.07, 6.45) is 2.10. The Labute approximate surface area is 203 Å². The second-order valence-electron chi connectivity index (χ2n) is 8.18. The molecule has 8 heteroatoms. The lowest BCUT2D eigenvalue weighted by Gasteiger charge is -2.35. The molecule has 0 saturated carbocycles. The van der Waals surface area contributed by atoms with Crippen LogP contribution in [0.25, 0.3) is 6.08 Å². The van der Waals surface area contributed by atoms with Crippen molar-refractivity contribution in [3.8, 4) is 5.88 Å². The topological polar surface area (TPSA) is 70.6 Å². The first-order valence-electron chi connectivity index (χ1n) is 11.4. The van der Waals surface area contributed by atoms with E-state index in [1.807, 2.05) is 71.6 Å². The number of rotatable bonds is 6. The molecule has 2 aliphatic rings. The molecule has 0 radical (unpaired) electrons. The van der Waals surface area contributed by atoms with Gasteiger partial charge in [-0.25, -0.2) is 4.98 Å². The quantitative estimate of drug-likeness (QED) is 0.586. The average Bonchev–Trinajstić information content (AvgIpc) is 3.41. The molecule has 3 heterocycles. The van der Waals surface area contributed by atoms with Gasteiger partial charge in [-0.1, -0.05) is 48.5 Å². The van der Waals surface area contributed by atoms with E-state index in [1.165, 1.54) is 4.91 Å². The minimum absolute atomic E-state index is 0.0669. The summed E-state index contributed by atoms with van der Waals surface area (Å²) in [5, 5.41) is 3.33. The number of anilines is 1. The van der Waals surface area contributed by atoms with E-state index in [4.69, 9.17) is 14.7 Å². The van der Waals surface area contributed by atoms with Gasteiger partial charge < -0.3 is 19.9 Å². The van der Waals surface area contributed by atoms with Crippen LogP contribution in [0.15, 0.2) is 71.6 Å². The maximum atomic E-state index is 12.8. The second kappa shape index (κ2) is 10.7. The van der Waals surface area contributed by atoms with Gasteiger partial charge in [0.2, 0.25) is 11.8 Å². The van der Waals surface area contributed by atoms with Crippen LogP contribution in [0.5, 0.6) is 5.88 Å². The number of carbonyl (C=O) groups excluding carboxylic acids is 1. The van der Waals surface area contributed by atoms with Crippen LogP contribution in [-0.2, 0) is 6.61 Å².